The van der Waals surface area contributed by atoms with Gasteiger partial charge in [-0.3, -0.25) is 0 Å². The van der Waals surface area contributed by atoms with Gasteiger partial charge in [0, 0.05) is 0 Å². The number of carbonyl (C=O) groups is 1. The highest BCUT2D eigenvalue weighted by Crippen LogP contribution is 2.06. The van der Waals surface area contributed by atoms with E-state index >= 15 is 0 Å². The minimum absolute atomic E-state index is 0.262. The molecule has 0 aromatic carbocycles. The molecule has 0 aromatic rings. The van der Waals surface area contributed by atoms with Crippen LogP contribution in [0.5, 0.6) is 0 Å². The van der Waals surface area contributed by atoms with E-state index in [4.69, 9.17) is 9.47 Å². The highest BCUT2D eigenvalue weighted by molar-refractivity contribution is 5.81. The van der Waals surface area contributed by atoms with Crippen LogP contribution >= 0.6 is 0 Å². The van der Waals surface area contributed by atoms with E-state index in [1.807, 2.05) is 27.7 Å². The lowest BCUT2D eigenvalue weighted by atomic mass is 10.2. The Labute approximate surface area is 79.7 Å². The summed E-state index contributed by atoms with van der Waals surface area (Å²) in [5.74, 6) is -0.355. The van der Waals surface area contributed by atoms with Crippen LogP contribution in [-0.2, 0) is 14.3 Å². The Kier molecular flexibility index (Phi) is 5.19. The van der Waals surface area contributed by atoms with Crippen molar-refractivity contribution in [1.29, 1.82) is 0 Å². The molecular weight excluding hydrogens is 168 g/mol. The second kappa shape index (κ2) is 5.62. The fourth-order valence-corrected chi connectivity index (χ4v) is 0.544. The molecule has 0 radical (unpaired) electrons. The number of carbonyl (C=O) groups excluding carboxylic acids is 1. The Bertz CT molecular complexity index is 177. The van der Waals surface area contributed by atoms with Crippen LogP contribution in [0.3, 0.4) is 0 Å². The predicted molar refractivity (Wildman–Crippen MR) is 51.2 cm³/mol. The first-order valence-electron chi connectivity index (χ1n) is 4.47. The van der Waals surface area contributed by atoms with Crippen molar-refractivity contribution in [2.75, 3.05) is 6.61 Å². The lowest BCUT2D eigenvalue weighted by molar-refractivity contribution is -0.137. The summed E-state index contributed by atoms with van der Waals surface area (Å²) in [6.07, 6.45) is 3.50. The number of hydrogen-bond donors (Lipinski definition) is 0. The van der Waals surface area contributed by atoms with E-state index in [-0.39, 0.29) is 11.6 Å². The van der Waals surface area contributed by atoms with Crippen LogP contribution in [-0.4, -0.2) is 18.2 Å². The largest absolute Gasteiger partial charge is 0.495 e. The van der Waals surface area contributed by atoms with Crippen LogP contribution in [0.15, 0.2) is 12.3 Å². The Hall–Kier alpha value is -0.990. The van der Waals surface area contributed by atoms with Crippen molar-refractivity contribution in [3.8, 4) is 0 Å². The molecule has 3 heteroatoms. The topological polar surface area (TPSA) is 35.5 Å². The molecule has 13 heavy (non-hydrogen) atoms. The quantitative estimate of drug-likeness (QED) is 0.384. The van der Waals surface area contributed by atoms with Crippen molar-refractivity contribution >= 4 is 5.97 Å². The van der Waals surface area contributed by atoms with Crippen LogP contribution in [0.2, 0.25) is 0 Å². The maximum atomic E-state index is 10.9. The lowest BCUT2D eigenvalue weighted by Gasteiger charge is -2.17. The molecule has 0 bridgehead atoms. The van der Waals surface area contributed by atoms with Gasteiger partial charge in [0.15, 0.2) is 0 Å². The summed E-state index contributed by atoms with van der Waals surface area (Å²) in [4.78, 5) is 10.9. The number of hydrogen-bond acceptors (Lipinski definition) is 3. The molecule has 0 saturated heterocycles. The number of rotatable bonds is 4. The summed E-state index contributed by atoms with van der Waals surface area (Å²) in [5, 5.41) is 0. The maximum absolute atomic E-state index is 10.9. The second-order valence-electron chi connectivity index (χ2n) is 3.70. The third-order valence-corrected chi connectivity index (χ3v) is 1.07. The first-order valence-corrected chi connectivity index (χ1v) is 4.47. The zero-order valence-electron chi connectivity index (χ0n) is 8.79. The number of esters is 1. The molecule has 0 aliphatic rings. The van der Waals surface area contributed by atoms with Crippen molar-refractivity contribution in [2.45, 2.75) is 39.7 Å². The molecule has 0 unspecified atom stereocenters. The molecule has 0 aliphatic carbocycles. The van der Waals surface area contributed by atoms with Crippen LogP contribution in [0.4, 0.5) is 0 Å². The molecule has 76 valence electrons. The molecule has 3 nitrogen and oxygen atoms in total. The third-order valence-electron chi connectivity index (χ3n) is 1.07. The molecular formula is C10H18O3. The lowest BCUT2D eigenvalue weighted by Crippen LogP contribution is -2.15. The van der Waals surface area contributed by atoms with E-state index in [1.165, 1.54) is 12.3 Å². The van der Waals surface area contributed by atoms with Crippen molar-refractivity contribution < 1.29 is 14.3 Å². The van der Waals surface area contributed by atoms with Gasteiger partial charge < -0.3 is 9.47 Å². The van der Waals surface area contributed by atoms with Gasteiger partial charge >= 0.3 is 5.97 Å². The van der Waals surface area contributed by atoms with Gasteiger partial charge in [-0.2, -0.15) is 0 Å². The average Bonchev–Trinajstić information content (AvgIpc) is 1.98. The van der Waals surface area contributed by atoms with Crippen LogP contribution in [0.1, 0.15) is 34.1 Å². The van der Waals surface area contributed by atoms with Crippen molar-refractivity contribution in [1.82, 2.24) is 0 Å². The van der Waals surface area contributed by atoms with Crippen molar-refractivity contribution in [3.63, 3.8) is 0 Å². The van der Waals surface area contributed by atoms with Gasteiger partial charge in [0.1, 0.15) is 0 Å². The average molecular weight is 186 g/mol. The van der Waals surface area contributed by atoms with Crippen LogP contribution < -0.4 is 0 Å². The molecule has 0 amide bonds. The molecule has 0 heterocycles. The van der Waals surface area contributed by atoms with E-state index < -0.39 is 0 Å². The predicted octanol–water partition coefficient (Wildman–Crippen LogP) is 2.27. The third kappa shape index (κ3) is 8.92. The smallest absolute Gasteiger partial charge is 0.333 e. The first kappa shape index (κ1) is 12.0. The summed E-state index contributed by atoms with van der Waals surface area (Å²) in [7, 11) is 0. The van der Waals surface area contributed by atoms with Gasteiger partial charge in [0.25, 0.3) is 0 Å². The summed E-state index contributed by atoms with van der Waals surface area (Å²) < 4.78 is 10.00. The van der Waals surface area contributed by atoms with E-state index in [0.717, 1.165) is 6.42 Å². The van der Waals surface area contributed by atoms with Gasteiger partial charge in [0.2, 0.25) is 0 Å². The highest BCUT2D eigenvalue weighted by atomic mass is 16.5. The normalized spacial score (nSPS) is 11.7. The van der Waals surface area contributed by atoms with Gasteiger partial charge in [-0.15, -0.1) is 0 Å². The van der Waals surface area contributed by atoms with Crippen molar-refractivity contribution in [2.24, 2.45) is 0 Å². The zero-order chi connectivity index (χ0) is 10.3. The van der Waals surface area contributed by atoms with E-state index in [1.54, 1.807) is 0 Å². The van der Waals surface area contributed by atoms with Gasteiger partial charge in [-0.1, -0.05) is 6.92 Å². The molecule has 0 N–H and O–H groups in total. The monoisotopic (exact) mass is 186 g/mol. The zero-order valence-corrected chi connectivity index (χ0v) is 8.79. The fourth-order valence-electron chi connectivity index (χ4n) is 0.544. The van der Waals surface area contributed by atoms with Crippen LogP contribution in [0, 0.1) is 0 Å². The van der Waals surface area contributed by atoms with Gasteiger partial charge in [-0.25, -0.2) is 4.79 Å². The summed E-state index contributed by atoms with van der Waals surface area (Å²) in [6, 6.07) is 0. The highest BCUT2D eigenvalue weighted by Gasteiger charge is 2.07. The number of ether oxygens (including phenoxy) is 2. The minimum atomic E-state index is -0.355. The second-order valence-corrected chi connectivity index (χ2v) is 3.70. The molecule has 0 spiro atoms. The first-order chi connectivity index (χ1) is 5.95. The fraction of sp³-hybridized carbons (Fsp3) is 0.700. The van der Waals surface area contributed by atoms with Gasteiger partial charge in [-0.05, 0) is 27.2 Å². The Morgan fingerprint density at radius 2 is 2.00 bits per heavy atom. The van der Waals surface area contributed by atoms with E-state index in [9.17, 15) is 4.79 Å². The van der Waals surface area contributed by atoms with E-state index in [0.29, 0.717) is 6.61 Å². The molecule has 0 aliphatic heterocycles. The summed E-state index contributed by atoms with van der Waals surface area (Å²) in [6.45, 7) is 8.14. The molecule has 0 saturated carbocycles. The molecule has 0 atom stereocenters. The summed E-state index contributed by atoms with van der Waals surface area (Å²) in [5.41, 5.74) is -0.262. The maximum Gasteiger partial charge on any atom is 0.333 e. The molecule has 0 fully saturated rings. The van der Waals surface area contributed by atoms with Crippen molar-refractivity contribution in [3.05, 3.63) is 12.3 Å². The minimum Gasteiger partial charge on any atom is -0.495 e. The van der Waals surface area contributed by atoms with E-state index in [2.05, 4.69) is 0 Å². The Morgan fingerprint density at radius 1 is 1.38 bits per heavy atom. The molecule has 0 aromatic heterocycles. The Morgan fingerprint density at radius 3 is 2.46 bits per heavy atom. The van der Waals surface area contributed by atoms with Crippen LogP contribution in [0.25, 0.3) is 0 Å². The summed E-state index contributed by atoms with van der Waals surface area (Å²) >= 11 is 0. The Balaban J connectivity index is 3.66. The molecule has 0 rings (SSSR count). The standard InChI is InChI=1S/C10H18O3/c1-5-7-12-9(11)6-8-13-10(2,3)4/h6,8H,5,7H2,1-4H3/b8-6+. The van der Waals surface area contributed by atoms with Gasteiger partial charge in [0.05, 0.1) is 24.5 Å². The SMILES string of the molecule is CCCOC(=O)/C=C/OC(C)(C)C.